The number of imidazole rings is 1. The van der Waals surface area contributed by atoms with Crippen molar-refractivity contribution in [2.75, 3.05) is 18.2 Å². The Balaban J connectivity index is 1.62. The number of nitrogens with one attached hydrogen (secondary N) is 1. The highest BCUT2D eigenvalue weighted by Crippen LogP contribution is 2.35. The van der Waals surface area contributed by atoms with E-state index in [-0.39, 0.29) is 17.9 Å². The van der Waals surface area contributed by atoms with Crippen molar-refractivity contribution < 1.29 is 13.7 Å². The van der Waals surface area contributed by atoms with Gasteiger partial charge in [-0.25, -0.2) is 9.97 Å². The molecular formula is C24H28N4O3S. The third-order valence-electron chi connectivity index (χ3n) is 6.18. The second-order valence-corrected chi connectivity index (χ2v) is 10.0. The molecule has 1 unspecified atom stereocenters. The summed E-state index contributed by atoms with van der Waals surface area (Å²) in [6, 6.07) is 9.47. The molecule has 3 heterocycles. The molecule has 1 aromatic carbocycles. The molecular weight excluding hydrogens is 424 g/mol. The molecule has 168 valence electrons. The predicted octanol–water partition coefficient (Wildman–Crippen LogP) is 4.44. The number of Topliss-reactive ketones (excluding diaryl/α,β-unsaturated/α-hetero) is 1. The third kappa shape index (κ3) is 4.21. The molecule has 2 fully saturated rings. The van der Waals surface area contributed by atoms with Gasteiger partial charge in [-0.1, -0.05) is 12.1 Å². The average Bonchev–Trinajstić information content (AvgIpc) is 3.58. The number of aryl methyl sites for hydroxylation is 1. The molecule has 32 heavy (non-hydrogen) atoms. The maximum absolute atomic E-state index is 12.6. The molecule has 2 atom stereocenters. The number of carbonyl (C=O) groups excluding carboxylic acids is 1. The number of hydrogen-bond acceptors (Lipinski definition) is 6. The zero-order valence-electron chi connectivity index (χ0n) is 18.5. The van der Waals surface area contributed by atoms with Gasteiger partial charge in [0.05, 0.1) is 32.8 Å². The molecule has 5 rings (SSSR count). The van der Waals surface area contributed by atoms with Gasteiger partial charge in [0.25, 0.3) is 0 Å². The minimum absolute atomic E-state index is 0.0982. The van der Waals surface area contributed by atoms with Crippen molar-refractivity contribution in [3.63, 3.8) is 0 Å². The molecule has 8 heteroatoms. The SMILES string of the molecule is Cc1nc2c(Nc3ccccc3[S@](C)=O)cc(CC(=O)C3CC3)nc2n1C1CCCCO1. The fraction of sp³-hybridized carbons (Fsp3) is 0.458. The number of fused-ring (bicyclic) bond motifs is 1. The monoisotopic (exact) mass is 452 g/mol. The highest BCUT2D eigenvalue weighted by molar-refractivity contribution is 7.84. The van der Waals surface area contributed by atoms with Crippen LogP contribution in [0.1, 0.15) is 49.9 Å². The predicted molar refractivity (Wildman–Crippen MR) is 125 cm³/mol. The molecule has 0 bridgehead atoms. The summed E-state index contributed by atoms with van der Waals surface area (Å²) in [6.07, 6.45) is 6.93. The topological polar surface area (TPSA) is 86.1 Å². The zero-order chi connectivity index (χ0) is 22.2. The van der Waals surface area contributed by atoms with E-state index in [2.05, 4.69) is 9.88 Å². The first-order valence-electron chi connectivity index (χ1n) is 11.2. The van der Waals surface area contributed by atoms with E-state index in [1.54, 1.807) is 6.26 Å². The summed E-state index contributed by atoms with van der Waals surface area (Å²) in [5.74, 6) is 1.26. The Morgan fingerprint density at radius 2 is 2.00 bits per heavy atom. The Hall–Kier alpha value is -2.58. The van der Waals surface area contributed by atoms with Crippen LogP contribution < -0.4 is 5.32 Å². The Morgan fingerprint density at radius 1 is 1.19 bits per heavy atom. The summed E-state index contributed by atoms with van der Waals surface area (Å²) < 4.78 is 20.4. The smallest absolute Gasteiger partial charge is 0.164 e. The number of nitrogens with zero attached hydrogens (tertiary/aromatic N) is 3. The lowest BCUT2D eigenvalue weighted by Gasteiger charge is -2.25. The Bertz CT molecular complexity index is 1200. The fourth-order valence-electron chi connectivity index (χ4n) is 4.38. The molecule has 7 nitrogen and oxygen atoms in total. The molecule has 1 N–H and O–H groups in total. The maximum Gasteiger partial charge on any atom is 0.164 e. The highest BCUT2D eigenvalue weighted by atomic mass is 32.2. The van der Waals surface area contributed by atoms with Gasteiger partial charge in [0.1, 0.15) is 23.4 Å². The Labute approximate surface area is 190 Å². The summed E-state index contributed by atoms with van der Waals surface area (Å²) in [5.41, 5.74) is 3.72. The van der Waals surface area contributed by atoms with Gasteiger partial charge < -0.3 is 10.1 Å². The van der Waals surface area contributed by atoms with Crippen molar-refractivity contribution in [2.24, 2.45) is 5.92 Å². The van der Waals surface area contributed by atoms with E-state index < -0.39 is 10.8 Å². The number of hydrogen-bond donors (Lipinski definition) is 1. The molecule has 3 aromatic rings. The second-order valence-electron chi connectivity index (χ2n) is 8.68. The molecule has 1 saturated heterocycles. The number of anilines is 2. The largest absolute Gasteiger partial charge is 0.358 e. The number of benzene rings is 1. The molecule has 2 aliphatic rings. The summed E-state index contributed by atoms with van der Waals surface area (Å²) in [7, 11) is -1.14. The number of carbonyl (C=O) groups is 1. The number of ether oxygens (including phenoxy) is 1. The van der Waals surface area contributed by atoms with E-state index in [9.17, 15) is 9.00 Å². The zero-order valence-corrected chi connectivity index (χ0v) is 19.3. The molecule has 0 spiro atoms. The van der Waals surface area contributed by atoms with Crippen LogP contribution in [0.3, 0.4) is 0 Å². The molecule has 0 amide bonds. The van der Waals surface area contributed by atoms with Gasteiger partial charge in [0.2, 0.25) is 0 Å². The number of rotatable bonds is 7. The van der Waals surface area contributed by atoms with Crippen LogP contribution in [0.2, 0.25) is 0 Å². The van der Waals surface area contributed by atoms with Crippen molar-refractivity contribution in [3.05, 3.63) is 41.9 Å². The van der Waals surface area contributed by atoms with E-state index in [1.807, 2.05) is 37.3 Å². The lowest BCUT2D eigenvalue weighted by molar-refractivity contribution is -0.119. The standard InChI is InChI=1S/C24H28N4O3S/c1-15-25-23-19(27-18-7-3-4-8-21(18)32(2)30)13-17(14-20(29)16-10-11-16)26-24(23)28(15)22-9-5-6-12-31-22/h3-4,7-8,13,16,22H,5-6,9-12,14H2,1-2H3,(H,26,27)/t22?,32-/m0/s1. The first-order chi connectivity index (χ1) is 15.5. The van der Waals surface area contributed by atoms with Crippen LogP contribution >= 0.6 is 0 Å². The van der Waals surface area contributed by atoms with Gasteiger partial charge >= 0.3 is 0 Å². The normalized spacial score (nSPS) is 19.8. The van der Waals surface area contributed by atoms with Gasteiger partial charge in [-0.2, -0.15) is 0 Å². The summed E-state index contributed by atoms with van der Waals surface area (Å²) in [5, 5.41) is 3.44. The molecule has 2 aromatic heterocycles. The number of pyridine rings is 1. The van der Waals surface area contributed by atoms with Gasteiger partial charge in [-0.05, 0) is 57.2 Å². The van der Waals surface area contributed by atoms with Gasteiger partial charge in [0, 0.05) is 25.2 Å². The summed E-state index contributed by atoms with van der Waals surface area (Å²) in [4.78, 5) is 23.0. The first-order valence-corrected chi connectivity index (χ1v) is 12.8. The molecule has 1 aliphatic carbocycles. The average molecular weight is 453 g/mol. The van der Waals surface area contributed by atoms with Crippen molar-refractivity contribution in [3.8, 4) is 0 Å². The van der Waals surface area contributed by atoms with Gasteiger partial charge in [0.15, 0.2) is 5.65 Å². The maximum atomic E-state index is 12.6. The summed E-state index contributed by atoms with van der Waals surface area (Å²) in [6.45, 7) is 2.69. The fourth-order valence-corrected chi connectivity index (χ4v) is 5.07. The lowest BCUT2D eigenvalue weighted by atomic mass is 10.1. The van der Waals surface area contributed by atoms with Crippen molar-refractivity contribution in [1.82, 2.24) is 14.5 Å². The van der Waals surface area contributed by atoms with Crippen LogP contribution in [-0.2, 0) is 26.8 Å². The number of ketones is 1. The van der Waals surface area contributed by atoms with E-state index in [0.29, 0.717) is 6.42 Å². The van der Waals surface area contributed by atoms with E-state index in [4.69, 9.17) is 14.7 Å². The summed E-state index contributed by atoms with van der Waals surface area (Å²) >= 11 is 0. The van der Waals surface area contributed by atoms with Crippen LogP contribution in [0, 0.1) is 12.8 Å². The van der Waals surface area contributed by atoms with E-state index in [0.717, 1.165) is 77.7 Å². The molecule has 1 saturated carbocycles. The van der Waals surface area contributed by atoms with E-state index >= 15 is 0 Å². The van der Waals surface area contributed by atoms with Gasteiger partial charge in [-0.3, -0.25) is 13.6 Å². The molecule has 1 aliphatic heterocycles. The van der Waals surface area contributed by atoms with E-state index in [1.165, 1.54) is 0 Å². The third-order valence-corrected chi connectivity index (χ3v) is 7.15. The van der Waals surface area contributed by atoms with Crippen molar-refractivity contribution in [1.29, 1.82) is 0 Å². The first kappa shape index (κ1) is 21.3. The van der Waals surface area contributed by atoms with Crippen LogP contribution in [0.25, 0.3) is 11.2 Å². The second kappa shape index (κ2) is 8.75. The number of para-hydroxylation sites is 1. The van der Waals surface area contributed by atoms with Crippen molar-refractivity contribution in [2.45, 2.75) is 56.6 Å². The van der Waals surface area contributed by atoms with Crippen LogP contribution in [0.4, 0.5) is 11.4 Å². The minimum Gasteiger partial charge on any atom is -0.358 e. The Kier molecular flexibility index (Phi) is 5.82. The quantitative estimate of drug-likeness (QED) is 0.570. The van der Waals surface area contributed by atoms with Crippen LogP contribution in [0.15, 0.2) is 35.2 Å². The Morgan fingerprint density at radius 3 is 2.72 bits per heavy atom. The lowest BCUT2D eigenvalue weighted by Crippen LogP contribution is -2.19. The van der Waals surface area contributed by atoms with Crippen LogP contribution in [-0.4, -0.2) is 37.4 Å². The van der Waals surface area contributed by atoms with Crippen molar-refractivity contribution >= 4 is 39.1 Å². The van der Waals surface area contributed by atoms with Crippen LogP contribution in [0.5, 0.6) is 0 Å². The number of aromatic nitrogens is 3. The minimum atomic E-state index is -1.14. The molecule has 0 radical (unpaired) electrons. The van der Waals surface area contributed by atoms with Gasteiger partial charge in [-0.15, -0.1) is 0 Å². The highest BCUT2D eigenvalue weighted by Gasteiger charge is 2.30.